The van der Waals surface area contributed by atoms with E-state index in [1.165, 1.54) is 148 Å². The van der Waals surface area contributed by atoms with Crippen LogP contribution in [0, 0.1) is 0 Å². The van der Waals surface area contributed by atoms with Crippen LogP contribution in [-0.2, 0) is 28.6 Å². The Hall–Kier alpha value is -1.85. The first-order valence-corrected chi connectivity index (χ1v) is 22.2. The first-order valence-electron chi connectivity index (χ1n) is 22.2. The molecule has 0 saturated carbocycles. The quantitative estimate of drug-likeness (QED) is 0.0271. The summed E-state index contributed by atoms with van der Waals surface area (Å²) >= 11 is 0. The van der Waals surface area contributed by atoms with E-state index in [2.05, 4.69) is 32.9 Å². The van der Waals surface area contributed by atoms with Crippen LogP contribution in [0.5, 0.6) is 0 Å². The topological polar surface area (TPSA) is 78.9 Å². The van der Waals surface area contributed by atoms with Crippen molar-refractivity contribution in [2.24, 2.45) is 0 Å². The number of hydrogen-bond donors (Lipinski definition) is 0. The summed E-state index contributed by atoms with van der Waals surface area (Å²) < 4.78 is 16.6. The third-order valence-electron chi connectivity index (χ3n) is 9.78. The number of ether oxygens (including phenoxy) is 3. The van der Waals surface area contributed by atoms with Gasteiger partial charge in [0, 0.05) is 19.3 Å². The van der Waals surface area contributed by atoms with Crippen molar-refractivity contribution in [3.8, 4) is 0 Å². The van der Waals surface area contributed by atoms with Crippen molar-refractivity contribution in [2.45, 2.75) is 245 Å². The molecule has 0 aliphatic carbocycles. The molecule has 0 fully saturated rings. The van der Waals surface area contributed by atoms with Gasteiger partial charge in [0.2, 0.25) is 0 Å². The number of unbranched alkanes of at least 4 members (excludes halogenated alkanes) is 27. The minimum Gasteiger partial charge on any atom is -0.462 e. The van der Waals surface area contributed by atoms with Crippen molar-refractivity contribution in [3.05, 3.63) is 12.2 Å². The highest BCUT2D eigenvalue weighted by atomic mass is 16.6. The van der Waals surface area contributed by atoms with Gasteiger partial charge in [0.05, 0.1) is 0 Å². The summed E-state index contributed by atoms with van der Waals surface area (Å²) in [4.78, 5) is 37.5. The molecule has 300 valence electrons. The highest BCUT2D eigenvalue weighted by Gasteiger charge is 2.19. The lowest BCUT2D eigenvalue weighted by atomic mass is 10.1. The summed E-state index contributed by atoms with van der Waals surface area (Å²) in [5.41, 5.74) is 0. The van der Waals surface area contributed by atoms with Gasteiger partial charge in [0.1, 0.15) is 13.2 Å². The van der Waals surface area contributed by atoms with Crippen LogP contribution in [0.25, 0.3) is 0 Å². The fourth-order valence-electron chi connectivity index (χ4n) is 6.40. The lowest BCUT2D eigenvalue weighted by Gasteiger charge is -2.18. The average molecular weight is 721 g/mol. The number of hydrogen-bond acceptors (Lipinski definition) is 6. The Balaban J connectivity index is 4.32. The van der Waals surface area contributed by atoms with E-state index in [4.69, 9.17) is 14.2 Å². The normalized spacial score (nSPS) is 12.0. The van der Waals surface area contributed by atoms with Crippen molar-refractivity contribution in [1.29, 1.82) is 0 Å². The van der Waals surface area contributed by atoms with Crippen molar-refractivity contribution in [3.63, 3.8) is 0 Å². The molecule has 1 atom stereocenters. The first kappa shape index (κ1) is 49.1. The fourth-order valence-corrected chi connectivity index (χ4v) is 6.40. The van der Waals surface area contributed by atoms with Gasteiger partial charge in [0.15, 0.2) is 6.10 Å². The Morgan fingerprint density at radius 3 is 1.10 bits per heavy atom. The van der Waals surface area contributed by atoms with Crippen molar-refractivity contribution < 1.29 is 28.6 Å². The largest absolute Gasteiger partial charge is 0.462 e. The number of carbonyl (C=O) groups is 3. The second-order valence-electron chi connectivity index (χ2n) is 15.0. The fraction of sp³-hybridized carbons (Fsp3) is 0.889. The molecule has 6 nitrogen and oxygen atoms in total. The molecule has 0 spiro atoms. The first-order chi connectivity index (χ1) is 25.0. The molecule has 1 unspecified atom stereocenters. The molecule has 0 aromatic heterocycles. The molecule has 0 N–H and O–H groups in total. The van der Waals surface area contributed by atoms with E-state index < -0.39 is 6.10 Å². The Morgan fingerprint density at radius 1 is 0.373 bits per heavy atom. The molecule has 0 saturated heterocycles. The van der Waals surface area contributed by atoms with E-state index >= 15 is 0 Å². The zero-order valence-corrected chi connectivity index (χ0v) is 34.1. The van der Waals surface area contributed by atoms with E-state index in [1.54, 1.807) is 0 Å². The molecule has 6 heteroatoms. The van der Waals surface area contributed by atoms with Gasteiger partial charge in [-0.25, -0.2) is 0 Å². The lowest BCUT2D eigenvalue weighted by Crippen LogP contribution is -2.30. The predicted octanol–water partition coefficient (Wildman–Crippen LogP) is 13.9. The highest BCUT2D eigenvalue weighted by molar-refractivity contribution is 5.71. The van der Waals surface area contributed by atoms with E-state index in [-0.39, 0.29) is 37.5 Å². The molecule has 0 rings (SSSR count). The second-order valence-corrected chi connectivity index (χ2v) is 15.0. The van der Waals surface area contributed by atoms with Crippen LogP contribution in [-0.4, -0.2) is 37.2 Å². The van der Waals surface area contributed by atoms with Gasteiger partial charge in [-0.3, -0.25) is 14.4 Å². The molecule has 51 heavy (non-hydrogen) atoms. The minimum absolute atomic E-state index is 0.0775. The third kappa shape index (κ3) is 39.2. The maximum Gasteiger partial charge on any atom is 0.306 e. The Kier molecular flexibility index (Phi) is 39.4. The smallest absolute Gasteiger partial charge is 0.306 e. The van der Waals surface area contributed by atoms with Gasteiger partial charge in [-0.2, -0.15) is 0 Å². The van der Waals surface area contributed by atoms with Crippen molar-refractivity contribution >= 4 is 17.9 Å². The number of allylic oxidation sites excluding steroid dienone is 2. The van der Waals surface area contributed by atoms with Crippen LogP contribution >= 0.6 is 0 Å². The SMILES string of the molecule is CCCCCCCCCCCCC/C=C\CCC(=O)OCC(COC(=O)CCCCCCCCCCC)OC(=O)CCCCCCCCCCC. The lowest BCUT2D eigenvalue weighted by molar-refractivity contribution is -0.166. The molecule has 0 aliphatic rings. The van der Waals surface area contributed by atoms with E-state index in [9.17, 15) is 14.4 Å². The summed E-state index contributed by atoms with van der Waals surface area (Å²) in [5, 5.41) is 0. The summed E-state index contributed by atoms with van der Waals surface area (Å²) in [7, 11) is 0. The Bertz CT molecular complexity index is 794. The van der Waals surface area contributed by atoms with Crippen molar-refractivity contribution in [2.75, 3.05) is 13.2 Å². The maximum absolute atomic E-state index is 12.6. The third-order valence-corrected chi connectivity index (χ3v) is 9.78. The standard InChI is InChI=1S/C45H84O6/c1-4-7-10-13-16-19-20-21-22-23-24-27-29-32-35-38-44(47)50-41-42(51-45(48)39-36-33-30-26-18-15-12-9-6-3)40-49-43(46)37-34-31-28-25-17-14-11-8-5-2/h29,32,42H,4-28,30-31,33-41H2,1-3H3/b32-29-. The van der Waals surface area contributed by atoms with Crippen LogP contribution in [0.3, 0.4) is 0 Å². The molecule has 0 radical (unpaired) electrons. The number of esters is 3. The molecule has 0 aliphatic heterocycles. The predicted molar refractivity (Wildman–Crippen MR) is 215 cm³/mol. The molecule has 0 bridgehead atoms. The van der Waals surface area contributed by atoms with Crippen LogP contribution in [0.2, 0.25) is 0 Å². The number of carbonyl (C=O) groups excluding carboxylic acids is 3. The molecule has 0 aromatic carbocycles. The zero-order chi connectivity index (χ0) is 37.3. The Labute approximate surface area is 316 Å². The van der Waals surface area contributed by atoms with Crippen LogP contribution in [0.4, 0.5) is 0 Å². The van der Waals surface area contributed by atoms with Crippen LogP contribution < -0.4 is 0 Å². The number of rotatable bonds is 40. The van der Waals surface area contributed by atoms with Crippen LogP contribution in [0.1, 0.15) is 239 Å². The summed E-state index contributed by atoms with van der Waals surface area (Å²) in [6, 6.07) is 0. The van der Waals surface area contributed by atoms with Gasteiger partial charge >= 0.3 is 17.9 Å². The van der Waals surface area contributed by atoms with Gasteiger partial charge in [-0.1, -0.05) is 200 Å². The second kappa shape index (κ2) is 40.9. The minimum atomic E-state index is -0.774. The molecular weight excluding hydrogens is 636 g/mol. The average Bonchev–Trinajstić information content (AvgIpc) is 3.12. The molecule has 0 heterocycles. The molecule has 0 aromatic rings. The monoisotopic (exact) mass is 721 g/mol. The molecule has 0 amide bonds. The van der Waals surface area contributed by atoms with E-state index in [1.807, 2.05) is 0 Å². The molecular formula is C45H84O6. The maximum atomic E-state index is 12.6. The van der Waals surface area contributed by atoms with Crippen molar-refractivity contribution in [1.82, 2.24) is 0 Å². The zero-order valence-electron chi connectivity index (χ0n) is 34.1. The van der Waals surface area contributed by atoms with Gasteiger partial charge in [-0.05, 0) is 32.1 Å². The Morgan fingerprint density at radius 2 is 0.686 bits per heavy atom. The summed E-state index contributed by atoms with van der Waals surface area (Å²) in [5.74, 6) is -0.929. The van der Waals surface area contributed by atoms with Crippen LogP contribution in [0.15, 0.2) is 12.2 Å². The van der Waals surface area contributed by atoms with E-state index in [0.717, 1.165) is 44.9 Å². The van der Waals surface area contributed by atoms with E-state index in [0.29, 0.717) is 19.3 Å². The summed E-state index contributed by atoms with van der Waals surface area (Å²) in [6.07, 6.45) is 42.1. The summed E-state index contributed by atoms with van der Waals surface area (Å²) in [6.45, 7) is 6.57. The van der Waals surface area contributed by atoms with Gasteiger partial charge in [0.25, 0.3) is 0 Å². The van der Waals surface area contributed by atoms with Gasteiger partial charge < -0.3 is 14.2 Å². The van der Waals surface area contributed by atoms with Gasteiger partial charge in [-0.15, -0.1) is 0 Å². The highest BCUT2D eigenvalue weighted by Crippen LogP contribution is 2.14.